The predicted molar refractivity (Wildman–Crippen MR) is 107 cm³/mol. The number of hydrogen-bond donors (Lipinski definition) is 0. The molecule has 0 heterocycles. The Hall–Kier alpha value is -0.810. The molecule has 0 unspecified atom stereocenters. The van der Waals surface area contributed by atoms with Crippen molar-refractivity contribution in [2.75, 3.05) is 0 Å². The van der Waals surface area contributed by atoms with Gasteiger partial charge in [0.05, 0.1) is 10.9 Å². The minimum atomic E-state index is -0.974. The fraction of sp³-hybridized carbons (Fsp3) is 0. The summed E-state index contributed by atoms with van der Waals surface area (Å²) in [4.78, 5) is 1.78. The third-order valence-corrected chi connectivity index (χ3v) is 8.42. The van der Waals surface area contributed by atoms with Crippen LogP contribution in [0.3, 0.4) is 0 Å². The van der Waals surface area contributed by atoms with E-state index < -0.39 is 34.2 Å². The van der Waals surface area contributed by atoms with Crippen molar-refractivity contribution in [1.29, 1.82) is 0 Å². The lowest BCUT2D eigenvalue weighted by Gasteiger charge is -2.09. The molecule has 0 aliphatic rings. The van der Waals surface area contributed by atoms with Gasteiger partial charge in [0, 0.05) is 25.3 Å². The minimum Gasteiger partial charge on any atom is -0.204 e. The molecule has 0 saturated carbocycles. The van der Waals surface area contributed by atoms with E-state index in [1.54, 1.807) is 0 Å². The molecular weight excluding hydrogens is 578 g/mol. The lowest BCUT2D eigenvalue weighted by atomic mass is 10.3. The molecule has 0 nitrogen and oxygen atoms in total. The zero-order valence-electron chi connectivity index (χ0n) is 12.4. The first-order chi connectivity index (χ1) is 11.9. The summed E-state index contributed by atoms with van der Waals surface area (Å²) in [5, 5.41) is 0. The van der Waals surface area contributed by atoms with Gasteiger partial charge in [0.2, 0.25) is 0 Å². The van der Waals surface area contributed by atoms with Crippen molar-refractivity contribution in [3.05, 3.63) is 85.0 Å². The van der Waals surface area contributed by atoms with E-state index in [1.165, 1.54) is 12.1 Å². The highest BCUT2D eigenvalue weighted by atomic mass is 127. The van der Waals surface area contributed by atoms with Gasteiger partial charge < -0.3 is 0 Å². The SMILES string of the molecule is Fc1ccc([S+](c2ccc(F)c(F)c2)c2ccc(I)c(I)c2)cc1F. The van der Waals surface area contributed by atoms with E-state index in [-0.39, 0.29) is 0 Å². The quantitative estimate of drug-likeness (QED) is 0.186. The molecule has 0 spiro atoms. The van der Waals surface area contributed by atoms with Crippen molar-refractivity contribution >= 4 is 56.1 Å². The molecule has 3 aromatic carbocycles. The van der Waals surface area contributed by atoms with Gasteiger partial charge in [0.15, 0.2) is 38.0 Å². The second-order valence-electron chi connectivity index (χ2n) is 5.03. The Morgan fingerprint density at radius 3 is 1.40 bits per heavy atom. The Morgan fingerprint density at radius 2 is 0.960 bits per heavy atom. The van der Waals surface area contributed by atoms with Crippen LogP contribution in [-0.2, 0) is 10.9 Å². The average molecular weight is 587 g/mol. The Balaban J connectivity index is 2.21. The third-order valence-electron chi connectivity index (χ3n) is 3.38. The van der Waals surface area contributed by atoms with Gasteiger partial charge in [0.25, 0.3) is 0 Å². The smallest absolute Gasteiger partial charge is 0.169 e. The Bertz CT molecular complexity index is 824. The van der Waals surface area contributed by atoms with Gasteiger partial charge in [-0.3, -0.25) is 0 Å². The maximum Gasteiger partial charge on any atom is 0.169 e. The Morgan fingerprint density at radius 1 is 0.520 bits per heavy atom. The van der Waals surface area contributed by atoms with Gasteiger partial charge in [-0.05, 0) is 81.6 Å². The highest BCUT2D eigenvalue weighted by Crippen LogP contribution is 2.34. The zero-order valence-corrected chi connectivity index (χ0v) is 17.5. The molecule has 0 aliphatic heterocycles. The van der Waals surface area contributed by atoms with Crippen LogP contribution >= 0.6 is 45.2 Å². The van der Waals surface area contributed by atoms with Gasteiger partial charge >= 0.3 is 0 Å². The van der Waals surface area contributed by atoms with Crippen LogP contribution in [0.1, 0.15) is 0 Å². The molecule has 0 radical (unpaired) electrons. The molecule has 7 heteroatoms. The number of hydrogen-bond acceptors (Lipinski definition) is 0. The van der Waals surface area contributed by atoms with Gasteiger partial charge in [0.1, 0.15) is 0 Å². The van der Waals surface area contributed by atoms with Gasteiger partial charge in [-0.15, -0.1) is 0 Å². The van der Waals surface area contributed by atoms with Gasteiger partial charge in [-0.2, -0.15) is 0 Å². The average Bonchev–Trinajstić information content (AvgIpc) is 2.57. The van der Waals surface area contributed by atoms with Crippen molar-refractivity contribution in [3.8, 4) is 0 Å². The normalized spacial score (nSPS) is 11.2. The molecule has 0 aliphatic carbocycles. The van der Waals surface area contributed by atoms with Crippen LogP contribution in [0.2, 0.25) is 0 Å². The monoisotopic (exact) mass is 587 g/mol. The van der Waals surface area contributed by atoms with Crippen molar-refractivity contribution in [2.45, 2.75) is 14.7 Å². The highest BCUT2D eigenvalue weighted by molar-refractivity contribution is 14.1. The lowest BCUT2D eigenvalue weighted by Crippen LogP contribution is -2.07. The molecule has 0 aromatic heterocycles. The molecule has 0 saturated heterocycles. The summed E-state index contributed by atoms with van der Waals surface area (Å²) < 4.78 is 56.2. The van der Waals surface area contributed by atoms with E-state index in [0.29, 0.717) is 9.79 Å². The number of halogens is 6. The molecule has 3 aromatic rings. The molecule has 0 N–H and O–H groups in total. The molecule has 3 rings (SSSR count). The predicted octanol–water partition coefficient (Wildman–Crippen LogP) is 6.55. The fourth-order valence-electron chi connectivity index (χ4n) is 2.22. The first kappa shape index (κ1) is 19.0. The number of rotatable bonds is 3. The van der Waals surface area contributed by atoms with Crippen LogP contribution in [0, 0.1) is 30.4 Å². The summed E-state index contributed by atoms with van der Waals surface area (Å²) in [6.45, 7) is 0. The largest absolute Gasteiger partial charge is 0.204 e. The first-order valence-electron chi connectivity index (χ1n) is 6.96. The molecule has 0 fully saturated rings. The van der Waals surface area contributed by atoms with Crippen molar-refractivity contribution in [1.82, 2.24) is 0 Å². The van der Waals surface area contributed by atoms with E-state index >= 15 is 0 Å². The fourth-order valence-corrected chi connectivity index (χ4v) is 5.39. The topological polar surface area (TPSA) is 0 Å². The van der Waals surface area contributed by atoms with Crippen LogP contribution in [0.4, 0.5) is 17.6 Å². The lowest BCUT2D eigenvalue weighted by molar-refractivity contribution is 0.505. The second-order valence-corrected chi connectivity index (χ2v) is 9.38. The van der Waals surface area contributed by atoms with Crippen molar-refractivity contribution in [2.24, 2.45) is 0 Å². The second kappa shape index (κ2) is 7.83. The summed E-state index contributed by atoms with van der Waals surface area (Å²) in [6.07, 6.45) is 0. The highest BCUT2D eigenvalue weighted by Gasteiger charge is 2.31. The molecule has 0 amide bonds. The van der Waals surface area contributed by atoms with Gasteiger partial charge in [-0.1, -0.05) is 0 Å². The van der Waals surface area contributed by atoms with E-state index in [1.807, 2.05) is 18.2 Å². The van der Waals surface area contributed by atoms with Crippen molar-refractivity contribution in [3.63, 3.8) is 0 Å². The van der Waals surface area contributed by atoms with Crippen molar-refractivity contribution < 1.29 is 17.6 Å². The van der Waals surface area contributed by atoms with E-state index in [2.05, 4.69) is 45.2 Å². The van der Waals surface area contributed by atoms with E-state index in [4.69, 9.17) is 0 Å². The van der Waals surface area contributed by atoms with E-state index in [0.717, 1.165) is 36.3 Å². The summed E-state index contributed by atoms with van der Waals surface area (Å²) in [6, 6.07) is 12.9. The Kier molecular flexibility index (Phi) is 5.94. The molecule has 0 atom stereocenters. The first-order valence-corrected chi connectivity index (χ1v) is 10.3. The number of benzene rings is 3. The summed E-state index contributed by atoms with van der Waals surface area (Å²) in [5.74, 6) is -3.85. The molecule has 0 bridgehead atoms. The standard InChI is InChI=1S/C18H9F4I2S/c19-13-4-1-10(7-15(13)21)25(11-2-5-14(20)16(22)8-11)12-3-6-17(23)18(24)9-12/h1-9H/q+1. The van der Waals surface area contributed by atoms with Crippen LogP contribution in [0.15, 0.2) is 69.3 Å². The molecule has 25 heavy (non-hydrogen) atoms. The third kappa shape index (κ3) is 4.13. The summed E-state index contributed by atoms with van der Waals surface area (Å²) in [7, 11) is -0.892. The zero-order chi connectivity index (χ0) is 18.1. The van der Waals surface area contributed by atoms with Crippen LogP contribution in [-0.4, -0.2) is 0 Å². The summed E-state index contributed by atoms with van der Waals surface area (Å²) >= 11 is 4.36. The van der Waals surface area contributed by atoms with Gasteiger partial charge in [-0.25, -0.2) is 17.6 Å². The van der Waals surface area contributed by atoms with Crippen LogP contribution in [0.25, 0.3) is 0 Å². The van der Waals surface area contributed by atoms with Crippen LogP contribution in [0.5, 0.6) is 0 Å². The minimum absolute atomic E-state index is 0.488. The maximum absolute atomic E-state index is 13.8. The van der Waals surface area contributed by atoms with Crippen LogP contribution < -0.4 is 0 Å². The Labute approximate surface area is 172 Å². The molecule has 128 valence electrons. The van der Waals surface area contributed by atoms with E-state index in [9.17, 15) is 17.6 Å². The summed E-state index contributed by atoms with van der Waals surface area (Å²) in [5.41, 5.74) is 0. The maximum atomic E-state index is 13.8. The molecular formula is C18H9F4I2S+.